The van der Waals surface area contributed by atoms with Gasteiger partial charge in [-0.25, -0.2) is 4.98 Å². The van der Waals surface area contributed by atoms with Crippen LogP contribution in [0.3, 0.4) is 0 Å². The van der Waals surface area contributed by atoms with Gasteiger partial charge in [-0.15, -0.1) is 11.3 Å². The zero-order chi connectivity index (χ0) is 14.8. The summed E-state index contributed by atoms with van der Waals surface area (Å²) in [6, 6.07) is 1.70. The predicted molar refractivity (Wildman–Crippen MR) is 72.6 cm³/mol. The van der Waals surface area contributed by atoms with Crippen molar-refractivity contribution < 1.29 is 13.8 Å². The third-order valence-corrected chi connectivity index (χ3v) is 3.60. The van der Waals surface area contributed by atoms with Crippen molar-refractivity contribution >= 4 is 17.2 Å². The van der Waals surface area contributed by atoms with E-state index in [4.69, 9.17) is 9.05 Å². The molecule has 3 rings (SSSR count). The van der Waals surface area contributed by atoms with Gasteiger partial charge in [0.1, 0.15) is 10.6 Å². The van der Waals surface area contributed by atoms with Crippen molar-refractivity contribution in [3.8, 4) is 11.5 Å². The molecule has 0 unspecified atom stereocenters. The predicted octanol–water partition coefficient (Wildman–Crippen LogP) is 1.73. The topological polar surface area (TPSA) is 107 Å². The van der Waals surface area contributed by atoms with Gasteiger partial charge in [-0.05, 0) is 13.8 Å². The molecule has 0 aliphatic carbocycles. The molecule has 8 nitrogen and oxygen atoms in total. The third-order valence-electron chi connectivity index (χ3n) is 2.68. The fraction of sp³-hybridized carbons (Fsp3) is 0.250. The molecule has 0 fully saturated rings. The van der Waals surface area contributed by atoms with Gasteiger partial charge in [0.2, 0.25) is 11.7 Å². The zero-order valence-electron chi connectivity index (χ0n) is 11.3. The Labute approximate surface area is 123 Å². The molecule has 0 saturated carbocycles. The van der Waals surface area contributed by atoms with Crippen LogP contribution in [0.15, 0.2) is 20.6 Å². The highest BCUT2D eigenvalue weighted by Crippen LogP contribution is 2.15. The Hall–Kier alpha value is -2.55. The molecular formula is C12H11N5O3S. The normalized spacial score (nSPS) is 10.8. The van der Waals surface area contributed by atoms with Crippen LogP contribution < -0.4 is 5.32 Å². The summed E-state index contributed by atoms with van der Waals surface area (Å²) >= 11 is 1.29. The van der Waals surface area contributed by atoms with Gasteiger partial charge in [-0.3, -0.25) is 4.79 Å². The van der Waals surface area contributed by atoms with Crippen molar-refractivity contribution in [1.29, 1.82) is 0 Å². The van der Waals surface area contributed by atoms with Gasteiger partial charge in [-0.2, -0.15) is 4.98 Å². The number of carbonyl (C=O) groups is 1. The Morgan fingerprint density at radius 3 is 2.86 bits per heavy atom. The van der Waals surface area contributed by atoms with E-state index in [0.717, 1.165) is 0 Å². The Bertz CT molecular complexity index is 775. The quantitative estimate of drug-likeness (QED) is 0.782. The van der Waals surface area contributed by atoms with E-state index in [-0.39, 0.29) is 12.5 Å². The zero-order valence-corrected chi connectivity index (χ0v) is 12.1. The number of hydrogen-bond acceptors (Lipinski definition) is 8. The van der Waals surface area contributed by atoms with Gasteiger partial charge in [0, 0.05) is 6.07 Å². The first-order valence-corrected chi connectivity index (χ1v) is 6.96. The van der Waals surface area contributed by atoms with Crippen molar-refractivity contribution in [3.63, 3.8) is 0 Å². The monoisotopic (exact) mass is 305 g/mol. The van der Waals surface area contributed by atoms with Gasteiger partial charge in [0.25, 0.3) is 5.91 Å². The largest absolute Gasteiger partial charge is 0.361 e. The van der Waals surface area contributed by atoms with Crippen LogP contribution in [0.1, 0.15) is 27.0 Å². The lowest BCUT2D eigenvalue weighted by atomic mass is 10.3. The Morgan fingerprint density at radius 2 is 2.19 bits per heavy atom. The number of aromatic nitrogens is 4. The van der Waals surface area contributed by atoms with Crippen molar-refractivity contribution in [2.24, 2.45) is 0 Å². The minimum atomic E-state index is -0.216. The van der Waals surface area contributed by atoms with Gasteiger partial charge < -0.3 is 14.4 Å². The Kier molecular flexibility index (Phi) is 3.48. The molecule has 0 radical (unpaired) electrons. The number of nitrogens with zero attached hydrogens (tertiary/aromatic N) is 4. The molecule has 0 bridgehead atoms. The molecule has 0 spiro atoms. The van der Waals surface area contributed by atoms with Crippen molar-refractivity contribution in [2.45, 2.75) is 20.4 Å². The molecule has 108 valence electrons. The molecule has 1 amide bonds. The van der Waals surface area contributed by atoms with Crippen molar-refractivity contribution in [1.82, 2.24) is 25.6 Å². The summed E-state index contributed by atoms with van der Waals surface area (Å²) in [6.45, 7) is 3.69. The molecule has 3 aromatic rings. The fourth-order valence-electron chi connectivity index (χ4n) is 1.66. The van der Waals surface area contributed by atoms with Gasteiger partial charge in [0.05, 0.1) is 17.7 Å². The molecule has 0 atom stereocenters. The number of amides is 1. The summed E-state index contributed by atoms with van der Waals surface area (Å²) in [4.78, 5) is 20.7. The van der Waals surface area contributed by atoms with Crippen LogP contribution in [0, 0.1) is 13.8 Å². The first kappa shape index (κ1) is 13.4. The Morgan fingerprint density at radius 1 is 1.33 bits per heavy atom. The number of aryl methyl sites for hydroxylation is 2. The summed E-state index contributed by atoms with van der Waals surface area (Å²) in [5.74, 6) is 1.06. The van der Waals surface area contributed by atoms with E-state index in [2.05, 4.69) is 25.6 Å². The SMILES string of the molecule is Cc1cc(-c2noc(CNC(=O)c3scnc3C)n2)no1. The summed E-state index contributed by atoms with van der Waals surface area (Å²) in [7, 11) is 0. The van der Waals surface area contributed by atoms with Crippen LogP contribution in [-0.2, 0) is 6.54 Å². The van der Waals surface area contributed by atoms with Crippen LogP contribution >= 0.6 is 11.3 Å². The number of thiazole rings is 1. The van der Waals surface area contributed by atoms with E-state index in [1.54, 1.807) is 25.4 Å². The second-order valence-electron chi connectivity index (χ2n) is 4.28. The van der Waals surface area contributed by atoms with E-state index in [9.17, 15) is 4.79 Å². The van der Waals surface area contributed by atoms with Crippen molar-refractivity contribution in [3.05, 3.63) is 33.8 Å². The highest BCUT2D eigenvalue weighted by molar-refractivity contribution is 7.11. The molecule has 0 aromatic carbocycles. The molecule has 0 saturated heterocycles. The molecule has 3 heterocycles. The Balaban J connectivity index is 1.65. The standard InChI is InChI=1S/C12H11N5O3S/c1-6-3-8(16-19-6)11-15-9(20-17-11)4-13-12(18)10-7(2)14-5-21-10/h3,5H,4H2,1-2H3,(H,13,18). The van der Waals surface area contributed by atoms with Crippen molar-refractivity contribution in [2.75, 3.05) is 0 Å². The van der Waals surface area contributed by atoms with Crippen LogP contribution in [-0.4, -0.2) is 26.2 Å². The van der Waals surface area contributed by atoms with E-state index in [1.807, 2.05) is 0 Å². The molecule has 9 heteroatoms. The third kappa shape index (κ3) is 2.82. The lowest BCUT2D eigenvalue weighted by Crippen LogP contribution is -2.22. The molecule has 0 aliphatic heterocycles. The molecule has 3 aromatic heterocycles. The first-order chi connectivity index (χ1) is 10.1. The first-order valence-electron chi connectivity index (χ1n) is 6.08. The maximum atomic E-state index is 11.9. The van der Waals surface area contributed by atoms with Gasteiger partial charge in [0.15, 0.2) is 5.69 Å². The average Bonchev–Trinajstić information content (AvgIpc) is 3.16. The van der Waals surface area contributed by atoms with E-state index in [0.29, 0.717) is 33.7 Å². The summed E-state index contributed by atoms with van der Waals surface area (Å²) < 4.78 is 10.00. The average molecular weight is 305 g/mol. The van der Waals surface area contributed by atoms with Gasteiger partial charge in [-0.1, -0.05) is 10.3 Å². The van der Waals surface area contributed by atoms with Crippen LogP contribution in [0.5, 0.6) is 0 Å². The lowest BCUT2D eigenvalue weighted by Gasteiger charge is -1.99. The number of rotatable bonds is 4. The maximum absolute atomic E-state index is 11.9. The highest BCUT2D eigenvalue weighted by atomic mass is 32.1. The fourth-order valence-corrected chi connectivity index (χ4v) is 2.38. The minimum Gasteiger partial charge on any atom is -0.361 e. The molecule has 21 heavy (non-hydrogen) atoms. The van der Waals surface area contributed by atoms with E-state index < -0.39 is 0 Å². The molecular weight excluding hydrogens is 294 g/mol. The lowest BCUT2D eigenvalue weighted by molar-refractivity contribution is 0.0949. The van der Waals surface area contributed by atoms with Crippen LogP contribution in [0.4, 0.5) is 0 Å². The number of hydrogen-bond donors (Lipinski definition) is 1. The second-order valence-corrected chi connectivity index (χ2v) is 5.14. The second kappa shape index (κ2) is 5.44. The van der Waals surface area contributed by atoms with Crippen LogP contribution in [0.25, 0.3) is 11.5 Å². The van der Waals surface area contributed by atoms with Gasteiger partial charge >= 0.3 is 0 Å². The van der Waals surface area contributed by atoms with E-state index >= 15 is 0 Å². The number of nitrogens with one attached hydrogen (secondary N) is 1. The summed E-state index contributed by atoms with van der Waals surface area (Å²) in [5, 5.41) is 10.3. The molecule has 0 aliphatic rings. The highest BCUT2D eigenvalue weighted by Gasteiger charge is 2.15. The van der Waals surface area contributed by atoms with E-state index in [1.165, 1.54) is 11.3 Å². The summed E-state index contributed by atoms with van der Waals surface area (Å²) in [5.41, 5.74) is 2.82. The maximum Gasteiger partial charge on any atom is 0.263 e. The van der Waals surface area contributed by atoms with Crippen LogP contribution in [0.2, 0.25) is 0 Å². The smallest absolute Gasteiger partial charge is 0.263 e. The minimum absolute atomic E-state index is 0.139. The molecule has 1 N–H and O–H groups in total. The summed E-state index contributed by atoms with van der Waals surface area (Å²) in [6.07, 6.45) is 0. The number of carbonyl (C=O) groups excluding carboxylic acids is 1.